The Hall–Kier alpha value is -2.51. The summed E-state index contributed by atoms with van der Waals surface area (Å²) in [5, 5.41) is 48.2. The number of nitrogens with zero attached hydrogens (tertiary/aromatic N) is 4. The van der Waals surface area contributed by atoms with Crippen LogP contribution in [0.3, 0.4) is 0 Å². The van der Waals surface area contributed by atoms with Gasteiger partial charge in [0.1, 0.15) is 30.5 Å². The van der Waals surface area contributed by atoms with Crippen LogP contribution in [-0.2, 0) is 42.7 Å². The number of ketones is 1. The second-order valence-corrected chi connectivity index (χ2v) is 15.7. The quantitative estimate of drug-likeness (QED) is 0.0963. The molecule has 56 heavy (non-hydrogen) atoms. The van der Waals surface area contributed by atoms with Crippen molar-refractivity contribution in [2.24, 2.45) is 28.8 Å². The molecule has 0 aromatic rings. The molecule has 0 amide bonds. The molecule has 0 radical (unpaired) electrons. The smallest absolute Gasteiger partial charge is 0.308 e. The molecule has 17 heteroatoms. The van der Waals surface area contributed by atoms with E-state index < -0.39 is 116 Å². The van der Waals surface area contributed by atoms with Crippen molar-refractivity contribution in [3.8, 4) is 0 Å². The summed E-state index contributed by atoms with van der Waals surface area (Å²) in [6, 6.07) is -0.738. The Kier molecular flexibility index (Phi) is 19.3. The summed E-state index contributed by atoms with van der Waals surface area (Å²) in [6.45, 7) is 10.6. The van der Waals surface area contributed by atoms with E-state index in [0.29, 0.717) is 12.0 Å². The summed E-state index contributed by atoms with van der Waals surface area (Å²) in [5.41, 5.74) is 9.78. The van der Waals surface area contributed by atoms with E-state index in [4.69, 9.17) is 38.7 Å². The number of rotatable bonds is 12. The Balaban J connectivity index is 2.00. The highest BCUT2D eigenvalue weighted by Gasteiger charge is 2.48. The largest absolute Gasteiger partial charge is 0.462 e. The zero-order chi connectivity index (χ0) is 41.9. The minimum atomic E-state index is -1.30. The van der Waals surface area contributed by atoms with Crippen molar-refractivity contribution < 1.29 is 63.2 Å². The van der Waals surface area contributed by atoms with Crippen LogP contribution in [0.25, 0.3) is 10.4 Å². The molecule has 3 aliphatic rings. The molecule has 3 rings (SSSR count). The molecule has 0 spiro atoms. The number of carbonyl (C=O) groups is 2. The first kappa shape index (κ1) is 47.9. The van der Waals surface area contributed by atoms with Gasteiger partial charge in [0.05, 0.1) is 49.6 Å². The molecule has 4 N–H and O–H groups in total. The highest BCUT2D eigenvalue weighted by molar-refractivity contribution is 5.91. The van der Waals surface area contributed by atoms with Crippen molar-refractivity contribution in [2.45, 2.75) is 147 Å². The maximum absolute atomic E-state index is 13.6. The number of aliphatic hydroxyl groups is 4. The van der Waals surface area contributed by atoms with E-state index in [1.165, 1.54) is 20.3 Å². The zero-order valence-electron chi connectivity index (χ0n) is 34.5. The molecule has 3 aliphatic heterocycles. The van der Waals surface area contributed by atoms with E-state index in [-0.39, 0.29) is 31.8 Å². The Bertz CT molecular complexity index is 1360. The lowest BCUT2D eigenvalue weighted by Gasteiger charge is -2.46. The van der Waals surface area contributed by atoms with Crippen molar-refractivity contribution in [1.82, 2.24) is 4.90 Å². The molecule has 17 nitrogen and oxygen atoms in total. The van der Waals surface area contributed by atoms with Gasteiger partial charge in [0.2, 0.25) is 0 Å². The van der Waals surface area contributed by atoms with Crippen LogP contribution in [0.5, 0.6) is 0 Å². The first-order valence-electron chi connectivity index (χ1n) is 19.6. The van der Waals surface area contributed by atoms with Crippen molar-refractivity contribution >= 4 is 11.8 Å². The number of likely N-dealkylation sites (N-methyl/N-ethyl adjacent to an activating group) is 1. The van der Waals surface area contributed by atoms with Gasteiger partial charge in [-0.2, -0.15) is 0 Å². The summed E-state index contributed by atoms with van der Waals surface area (Å²) in [6.07, 6.45) is -5.61. The SMILES string of the molecule is CC[C@H]1OC(=O)C[C@@H](O)[C@H](C)[C@@H](O[C@@H]2O[C@H](C)[C@@H](O)[C@H](N(C)C)[C@H]2O)[C@@H](CCN=[N+]=[N-])C[C@@H](C)C(=O)/C=C/C(C)=C/[C@@H]1CO[C@@H]1O[C@H](C)[C@@H](O)[C@@H](OC)[C@H]1OC. The number of ether oxygens (including phenoxy) is 7. The first-order valence-corrected chi connectivity index (χ1v) is 19.6. The number of azide groups is 1. The minimum Gasteiger partial charge on any atom is -0.462 e. The van der Waals surface area contributed by atoms with Crippen LogP contribution in [0.4, 0.5) is 0 Å². The predicted octanol–water partition coefficient (Wildman–Crippen LogP) is 2.67. The lowest BCUT2D eigenvalue weighted by Crippen LogP contribution is -2.63. The number of methoxy groups -OCH3 is 2. The maximum atomic E-state index is 13.6. The van der Waals surface area contributed by atoms with Gasteiger partial charge in [0.15, 0.2) is 18.4 Å². The second-order valence-electron chi connectivity index (χ2n) is 15.7. The van der Waals surface area contributed by atoms with Gasteiger partial charge in [-0.05, 0) is 71.7 Å². The van der Waals surface area contributed by atoms with Crippen LogP contribution in [0.1, 0.15) is 67.2 Å². The Morgan fingerprint density at radius 3 is 2.18 bits per heavy atom. The summed E-state index contributed by atoms with van der Waals surface area (Å²) in [4.78, 5) is 31.9. The number of carbonyl (C=O) groups excluding carboxylic acids is 2. The summed E-state index contributed by atoms with van der Waals surface area (Å²) in [7, 11) is 6.38. The molecule has 0 aromatic carbocycles. The molecule has 0 bridgehead atoms. The third kappa shape index (κ3) is 12.5. The summed E-state index contributed by atoms with van der Waals surface area (Å²) in [5.74, 6) is -3.19. The zero-order valence-corrected chi connectivity index (χ0v) is 34.5. The topological polar surface area (TPSA) is 232 Å². The van der Waals surface area contributed by atoms with Crippen molar-refractivity contribution in [3.05, 3.63) is 34.2 Å². The molecule has 3 heterocycles. The number of hydrogen-bond acceptors (Lipinski definition) is 15. The van der Waals surface area contributed by atoms with Crippen LogP contribution >= 0.6 is 0 Å². The summed E-state index contributed by atoms with van der Waals surface area (Å²) >= 11 is 0. The van der Waals surface area contributed by atoms with Gasteiger partial charge in [0.25, 0.3) is 0 Å². The monoisotopic (exact) mass is 798 g/mol. The first-order chi connectivity index (χ1) is 26.5. The van der Waals surface area contributed by atoms with Crippen molar-refractivity contribution in [2.75, 3.05) is 41.5 Å². The fraction of sp³-hybridized carbons (Fsp3) is 0.846. The minimum absolute atomic E-state index is 0.0115. The van der Waals surface area contributed by atoms with Crippen LogP contribution in [0, 0.1) is 23.7 Å². The summed E-state index contributed by atoms with van der Waals surface area (Å²) < 4.78 is 41.9. The van der Waals surface area contributed by atoms with Crippen LogP contribution < -0.4 is 0 Å². The van der Waals surface area contributed by atoms with E-state index in [1.54, 1.807) is 52.8 Å². The number of allylic oxidation sites excluding steroid dienone is 3. The van der Waals surface area contributed by atoms with Crippen LogP contribution in [0.2, 0.25) is 0 Å². The fourth-order valence-electron chi connectivity index (χ4n) is 7.96. The van der Waals surface area contributed by atoms with Gasteiger partial charge in [-0.3, -0.25) is 9.59 Å². The standard InChI is InChI=1S/C39H66N4O13/c1-11-29-26(19-52-39-37(51-10)36(50-9)33(48)24(6)54-39)16-20(2)12-13-27(44)21(3)17-25(14-15-41-42-40)35(22(4)28(45)18-30(46)55-29)56-38-34(49)31(43(7)8)32(47)23(5)53-38/h12-13,16,21-26,28-29,31-39,45,47-49H,11,14-15,17-19H2,1-10H3/b13-12+,20-16+/t21-,22+,23-,24-,25+,26-,28-,29-,31+,32-,33-,34-,35-,36-,37-,38+,39-/m1/s1. The van der Waals surface area contributed by atoms with Gasteiger partial charge >= 0.3 is 5.97 Å². The van der Waals surface area contributed by atoms with E-state index in [9.17, 15) is 30.0 Å². The number of aliphatic hydroxyl groups excluding tert-OH is 4. The maximum Gasteiger partial charge on any atom is 0.308 e. The van der Waals surface area contributed by atoms with Gasteiger partial charge in [-0.1, -0.05) is 43.6 Å². The van der Waals surface area contributed by atoms with Crippen LogP contribution in [-0.4, -0.2) is 158 Å². The predicted molar refractivity (Wildman–Crippen MR) is 204 cm³/mol. The lowest BCUT2D eigenvalue weighted by molar-refractivity contribution is -0.304. The average molecular weight is 799 g/mol. The molecule has 0 aliphatic carbocycles. The Labute approximate surface area is 330 Å². The molecular formula is C39H66N4O13. The molecule has 17 atom stereocenters. The molecule has 0 unspecified atom stereocenters. The molecule has 0 aromatic heterocycles. The third-order valence-electron chi connectivity index (χ3n) is 11.4. The Morgan fingerprint density at radius 2 is 1.57 bits per heavy atom. The van der Waals surface area contributed by atoms with E-state index in [2.05, 4.69) is 10.0 Å². The van der Waals surface area contributed by atoms with Crippen LogP contribution in [0.15, 0.2) is 28.9 Å². The number of hydrogen-bond donors (Lipinski definition) is 4. The molecule has 320 valence electrons. The third-order valence-corrected chi connectivity index (χ3v) is 11.4. The number of esters is 1. The fourth-order valence-corrected chi connectivity index (χ4v) is 7.96. The molecule has 2 fully saturated rings. The average Bonchev–Trinajstić information content (AvgIpc) is 3.15. The number of cyclic esters (lactones) is 1. The second kappa shape index (κ2) is 22.6. The van der Waals surface area contributed by atoms with E-state index >= 15 is 0 Å². The lowest BCUT2D eigenvalue weighted by atomic mass is 9.79. The van der Waals surface area contributed by atoms with E-state index in [1.807, 2.05) is 19.9 Å². The van der Waals surface area contributed by atoms with Gasteiger partial charge in [0, 0.05) is 43.4 Å². The van der Waals surface area contributed by atoms with Gasteiger partial charge in [-0.25, -0.2) is 0 Å². The molecule has 2 saturated heterocycles. The van der Waals surface area contributed by atoms with Gasteiger partial charge in [-0.15, -0.1) is 0 Å². The van der Waals surface area contributed by atoms with Crippen molar-refractivity contribution in [1.29, 1.82) is 0 Å². The normalized spacial score (nSPS) is 42.3. The highest BCUT2D eigenvalue weighted by atomic mass is 16.7. The van der Waals surface area contributed by atoms with Gasteiger partial charge < -0.3 is 58.5 Å². The van der Waals surface area contributed by atoms with E-state index in [0.717, 1.165) is 0 Å². The highest BCUT2D eigenvalue weighted by Crippen LogP contribution is 2.35. The Morgan fingerprint density at radius 1 is 0.929 bits per heavy atom. The van der Waals surface area contributed by atoms with Crippen molar-refractivity contribution in [3.63, 3.8) is 0 Å². The molecular weight excluding hydrogens is 732 g/mol. The molecule has 0 saturated carbocycles.